The Labute approximate surface area is 130 Å². The van der Waals surface area contributed by atoms with Crippen LogP contribution in [-0.2, 0) is 10.5 Å². The minimum Gasteiger partial charge on any atom is -0.251 e. The minimum atomic E-state index is -0.524. The van der Waals surface area contributed by atoms with Gasteiger partial charge in [-0.2, -0.15) is 0 Å². The Morgan fingerprint density at radius 3 is 1.95 bits per heavy atom. The fourth-order valence-electron chi connectivity index (χ4n) is 2.97. The van der Waals surface area contributed by atoms with Crippen LogP contribution in [0.4, 0.5) is 0 Å². The van der Waals surface area contributed by atoms with Crippen molar-refractivity contribution in [2.75, 3.05) is 0 Å². The predicted octanol–water partition coefficient (Wildman–Crippen LogP) is 6.31. The van der Waals surface area contributed by atoms with Gasteiger partial charge in [0, 0.05) is 0 Å². The molecule has 1 atom stereocenters. The summed E-state index contributed by atoms with van der Waals surface area (Å²) < 4.78 is 0. The molecule has 21 heavy (non-hydrogen) atoms. The van der Waals surface area contributed by atoms with Crippen LogP contribution in [0.25, 0.3) is 0 Å². The summed E-state index contributed by atoms with van der Waals surface area (Å²) in [7, 11) is 0. The molecule has 1 N–H and O–H groups in total. The van der Waals surface area contributed by atoms with Crippen LogP contribution in [0.15, 0.2) is 30.3 Å². The van der Waals surface area contributed by atoms with Gasteiger partial charge in [0.2, 0.25) is 0 Å². The standard InChI is InChI=1S/C19H32O2/c1-3-5-6-7-8-9-10-14-17-19(4-2,21-20)18-15-12-11-13-16-18/h11-13,15-16,20H,3-10,14,17H2,1-2H3. The van der Waals surface area contributed by atoms with E-state index in [0.717, 1.165) is 24.8 Å². The molecule has 1 rings (SSSR count). The molecule has 1 aromatic carbocycles. The van der Waals surface area contributed by atoms with Crippen LogP contribution < -0.4 is 0 Å². The molecule has 0 aliphatic heterocycles. The smallest absolute Gasteiger partial charge is 0.128 e. The maximum absolute atomic E-state index is 9.43. The summed E-state index contributed by atoms with van der Waals surface area (Å²) >= 11 is 0. The van der Waals surface area contributed by atoms with E-state index in [1.807, 2.05) is 30.3 Å². The summed E-state index contributed by atoms with van der Waals surface area (Å²) in [6, 6.07) is 10.1. The van der Waals surface area contributed by atoms with Gasteiger partial charge in [-0.15, -0.1) is 0 Å². The average Bonchev–Trinajstić information content (AvgIpc) is 2.55. The van der Waals surface area contributed by atoms with E-state index in [2.05, 4.69) is 13.8 Å². The van der Waals surface area contributed by atoms with E-state index in [1.165, 1.54) is 44.9 Å². The maximum Gasteiger partial charge on any atom is 0.128 e. The first-order valence-corrected chi connectivity index (χ1v) is 8.67. The van der Waals surface area contributed by atoms with Crippen LogP contribution in [0.1, 0.15) is 83.6 Å². The molecule has 0 aliphatic carbocycles. The molecule has 1 aromatic rings. The van der Waals surface area contributed by atoms with E-state index >= 15 is 0 Å². The molecule has 0 bridgehead atoms. The van der Waals surface area contributed by atoms with Gasteiger partial charge < -0.3 is 0 Å². The normalized spacial score (nSPS) is 14.0. The van der Waals surface area contributed by atoms with E-state index in [0.29, 0.717) is 0 Å². The summed E-state index contributed by atoms with van der Waals surface area (Å²) in [6.07, 6.45) is 12.1. The second kappa shape index (κ2) is 10.8. The van der Waals surface area contributed by atoms with Crippen molar-refractivity contribution in [3.63, 3.8) is 0 Å². The average molecular weight is 292 g/mol. The van der Waals surface area contributed by atoms with Crippen LogP contribution in [0, 0.1) is 0 Å². The number of unbranched alkanes of at least 4 members (excludes halogenated alkanes) is 7. The second-order valence-electron chi connectivity index (χ2n) is 6.03. The van der Waals surface area contributed by atoms with Gasteiger partial charge in [0.1, 0.15) is 5.60 Å². The molecule has 120 valence electrons. The monoisotopic (exact) mass is 292 g/mol. The summed E-state index contributed by atoms with van der Waals surface area (Å²) in [5.41, 5.74) is 0.557. The lowest BCUT2D eigenvalue weighted by Crippen LogP contribution is -2.27. The highest BCUT2D eigenvalue weighted by Crippen LogP contribution is 2.34. The van der Waals surface area contributed by atoms with Crippen LogP contribution in [0.5, 0.6) is 0 Å². The zero-order valence-corrected chi connectivity index (χ0v) is 13.8. The topological polar surface area (TPSA) is 29.5 Å². The largest absolute Gasteiger partial charge is 0.251 e. The van der Waals surface area contributed by atoms with Gasteiger partial charge in [0.05, 0.1) is 0 Å². The number of rotatable bonds is 12. The van der Waals surface area contributed by atoms with E-state index in [9.17, 15) is 5.26 Å². The molecule has 0 heterocycles. The Kier molecular flexibility index (Phi) is 9.36. The van der Waals surface area contributed by atoms with Crippen molar-refractivity contribution in [3.05, 3.63) is 35.9 Å². The highest BCUT2D eigenvalue weighted by atomic mass is 17.1. The molecule has 0 aliphatic rings. The zero-order chi connectivity index (χ0) is 15.4. The molecule has 0 amide bonds. The fourth-order valence-corrected chi connectivity index (χ4v) is 2.97. The Balaban J connectivity index is 2.32. The summed E-state index contributed by atoms with van der Waals surface area (Å²) in [5, 5.41) is 9.43. The lowest BCUT2D eigenvalue weighted by Gasteiger charge is -2.29. The quantitative estimate of drug-likeness (QED) is 0.278. The summed E-state index contributed by atoms with van der Waals surface area (Å²) in [4.78, 5) is 4.93. The van der Waals surface area contributed by atoms with E-state index in [4.69, 9.17) is 4.89 Å². The van der Waals surface area contributed by atoms with Crippen molar-refractivity contribution in [1.82, 2.24) is 0 Å². The highest BCUT2D eigenvalue weighted by Gasteiger charge is 2.31. The second-order valence-corrected chi connectivity index (χ2v) is 6.03. The first-order chi connectivity index (χ1) is 10.3. The van der Waals surface area contributed by atoms with Crippen molar-refractivity contribution >= 4 is 0 Å². The summed E-state index contributed by atoms with van der Waals surface area (Å²) in [6.45, 7) is 4.33. The Bertz CT molecular complexity index is 344. The summed E-state index contributed by atoms with van der Waals surface area (Å²) in [5.74, 6) is 0. The Hall–Kier alpha value is -0.860. The van der Waals surface area contributed by atoms with Gasteiger partial charge in [-0.05, 0) is 18.4 Å². The molecule has 0 aromatic heterocycles. The molecular formula is C19H32O2. The molecule has 2 heteroatoms. The predicted molar refractivity (Wildman–Crippen MR) is 89.4 cm³/mol. The van der Waals surface area contributed by atoms with Crippen LogP contribution >= 0.6 is 0 Å². The molecule has 0 spiro atoms. The molecule has 0 saturated heterocycles. The first kappa shape index (κ1) is 18.2. The van der Waals surface area contributed by atoms with E-state index in [1.54, 1.807) is 0 Å². The van der Waals surface area contributed by atoms with E-state index in [-0.39, 0.29) is 0 Å². The van der Waals surface area contributed by atoms with Crippen molar-refractivity contribution in [3.8, 4) is 0 Å². The van der Waals surface area contributed by atoms with Crippen molar-refractivity contribution in [2.45, 2.75) is 83.7 Å². The number of benzene rings is 1. The van der Waals surface area contributed by atoms with Crippen molar-refractivity contribution in [2.24, 2.45) is 0 Å². The third-order valence-corrected chi connectivity index (χ3v) is 4.48. The maximum atomic E-state index is 9.43. The third-order valence-electron chi connectivity index (χ3n) is 4.48. The van der Waals surface area contributed by atoms with Crippen LogP contribution in [-0.4, -0.2) is 5.26 Å². The van der Waals surface area contributed by atoms with Crippen molar-refractivity contribution in [1.29, 1.82) is 0 Å². The molecule has 0 fully saturated rings. The first-order valence-electron chi connectivity index (χ1n) is 8.67. The van der Waals surface area contributed by atoms with Gasteiger partial charge in [-0.1, -0.05) is 95.5 Å². The highest BCUT2D eigenvalue weighted by molar-refractivity contribution is 5.22. The molecule has 2 nitrogen and oxygen atoms in total. The zero-order valence-electron chi connectivity index (χ0n) is 13.8. The molecule has 0 saturated carbocycles. The van der Waals surface area contributed by atoms with Gasteiger partial charge in [0.15, 0.2) is 0 Å². The van der Waals surface area contributed by atoms with E-state index < -0.39 is 5.60 Å². The number of hydrogen-bond donors (Lipinski definition) is 1. The van der Waals surface area contributed by atoms with Gasteiger partial charge >= 0.3 is 0 Å². The van der Waals surface area contributed by atoms with Crippen molar-refractivity contribution < 1.29 is 10.1 Å². The van der Waals surface area contributed by atoms with Crippen LogP contribution in [0.3, 0.4) is 0 Å². The Morgan fingerprint density at radius 1 is 0.857 bits per heavy atom. The minimum absolute atomic E-state index is 0.524. The van der Waals surface area contributed by atoms with Gasteiger partial charge in [-0.3, -0.25) is 5.26 Å². The van der Waals surface area contributed by atoms with Gasteiger partial charge in [-0.25, -0.2) is 4.89 Å². The van der Waals surface area contributed by atoms with Gasteiger partial charge in [0.25, 0.3) is 0 Å². The molecule has 0 radical (unpaired) electrons. The lowest BCUT2D eigenvalue weighted by molar-refractivity contribution is -0.333. The Morgan fingerprint density at radius 2 is 1.43 bits per heavy atom. The molecule has 1 unspecified atom stereocenters. The third kappa shape index (κ3) is 6.19. The fraction of sp³-hybridized carbons (Fsp3) is 0.684. The molecular weight excluding hydrogens is 260 g/mol. The van der Waals surface area contributed by atoms with Crippen LogP contribution in [0.2, 0.25) is 0 Å². The SMILES string of the molecule is CCCCCCCCCCC(CC)(OO)c1ccccc1. The lowest BCUT2D eigenvalue weighted by atomic mass is 9.86. The number of hydrogen-bond acceptors (Lipinski definition) is 2.